The van der Waals surface area contributed by atoms with Crippen LogP contribution >= 0.6 is 0 Å². The number of carbonyl (C=O) groups is 1. The Labute approximate surface area is 114 Å². The fraction of sp³-hybridized carbons (Fsp3) is 0.500. The number of amides is 1. The predicted molar refractivity (Wildman–Crippen MR) is 74.0 cm³/mol. The van der Waals surface area contributed by atoms with Crippen molar-refractivity contribution in [2.75, 3.05) is 19.3 Å². The van der Waals surface area contributed by atoms with E-state index in [0.717, 1.165) is 44.2 Å². The maximum atomic E-state index is 12.4. The van der Waals surface area contributed by atoms with Gasteiger partial charge in [0, 0.05) is 24.9 Å². The third kappa shape index (κ3) is 3.15. The molecule has 1 aliphatic heterocycles. The van der Waals surface area contributed by atoms with Gasteiger partial charge in [-0.25, -0.2) is 8.42 Å². The Morgan fingerprint density at radius 2 is 1.79 bits per heavy atom. The maximum absolute atomic E-state index is 12.4. The monoisotopic (exact) mass is 281 g/mol. The van der Waals surface area contributed by atoms with Crippen LogP contribution in [0.2, 0.25) is 0 Å². The summed E-state index contributed by atoms with van der Waals surface area (Å²) in [7, 11) is -3.28. The van der Waals surface area contributed by atoms with Crippen molar-refractivity contribution in [1.82, 2.24) is 4.90 Å². The van der Waals surface area contributed by atoms with Gasteiger partial charge < -0.3 is 4.90 Å². The van der Waals surface area contributed by atoms with Gasteiger partial charge in [0.2, 0.25) is 0 Å². The molecular weight excluding hydrogens is 262 g/mol. The van der Waals surface area contributed by atoms with Gasteiger partial charge in [0.05, 0.1) is 4.90 Å². The minimum absolute atomic E-state index is 0.0531. The first-order chi connectivity index (χ1) is 8.89. The van der Waals surface area contributed by atoms with Crippen LogP contribution in [0.4, 0.5) is 0 Å². The molecule has 1 fully saturated rings. The van der Waals surface area contributed by atoms with E-state index in [1.807, 2.05) is 11.8 Å². The zero-order chi connectivity index (χ0) is 14.0. The largest absolute Gasteiger partial charge is 0.339 e. The van der Waals surface area contributed by atoms with Crippen molar-refractivity contribution in [2.24, 2.45) is 0 Å². The number of sulfone groups is 1. The molecule has 0 bridgehead atoms. The number of carbonyl (C=O) groups excluding carboxylic acids is 1. The van der Waals surface area contributed by atoms with Crippen molar-refractivity contribution in [1.29, 1.82) is 0 Å². The second-order valence-electron chi connectivity index (χ2n) is 5.10. The van der Waals surface area contributed by atoms with Crippen LogP contribution in [0.5, 0.6) is 0 Å². The fourth-order valence-corrected chi connectivity index (χ4v) is 2.98. The summed E-state index contributed by atoms with van der Waals surface area (Å²) in [5.41, 5.74) is 1.33. The van der Waals surface area contributed by atoms with E-state index in [1.54, 1.807) is 12.1 Å². The molecule has 1 aromatic carbocycles. The summed E-state index contributed by atoms with van der Waals surface area (Å²) in [5.74, 6) is -0.0531. The minimum atomic E-state index is -3.28. The lowest BCUT2D eigenvalue weighted by Crippen LogP contribution is -2.36. The van der Waals surface area contributed by atoms with Crippen molar-refractivity contribution < 1.29 is 13.2 Å². The van der Waals surface area contributed by atoms with Crippen molar-refractivity contribution in [3.05, 3.63) is 29.3 Å². The average Bonchev–Trinajstić information content (AvgIpc) is 2.38. The number of nitrogens with zero attached hydrogens (tertiary/aromatic N) is 1. The molecule has 1 saturated heterocycles. The van der Waals surface area contributed by atoms with E-state index < -0.39 is 9.84 Å². The smallest absolute Gasteiger partial charge is 0.254 e. The van der Waals surface area contributed by atoms with E-state index in [0.29, 0.717) is 5.56 Å². The Hall–Kier alpha value is -1.36. The number of aryl methyl sites for hydroxylation is 1. The number of likely N-dealkylation sites (tertiary alicyclic amines) is 1. The molecule has 0 aromatic heterocycles. The highest BCUT2D eigenvalue weighted by Crippen LogP contribution is 2.19. The van der Waals surface area contributed by atoms with Gasteiger partial charge in [0.15, 0.2) is 9.84 Å². The van der Waals surface area contributed by atoms with Gasteiger partial charge in [-0.05, 0) is 43.9 Å². The highest BCUT2D eigenvalue weighted by molar-refractivity contribution is 7.90. The molecule has 0 radical (unpaired) electrons. The molecular formula is C14H19NO3S. The predicted octanol–water partition coefficient (Wildman–Crippen LogP) is 2.02. The number of hydrogen-bond acceptors (Lipinski definition) is 3. The Morgan fingerprint density at radius 1 is 1.16 bits per heavy atom. The summed E-state index contributed by atoms with van der Waals surface area (Å²) in [6, 6.07) is 4.76. The first-order valence-electron chi connectivity index (χ1n) is 6.49. The molecule has 1 aliphatic rings. The van der Waals surface area contributed by atoms with Crippen LogP contribution in [0.3, 0.4) is 0 Å². The zero-order valence-electron chi connectivity index (χ0n) is 11.3. The van der Waals surface area contributed by atoms with E-state index in [-0.39, 0.29) is 10.8 Å². The first kappa shape index (κ1) is 14.1. The average molecular weight is 281 g/mol. The molecule has 0 aliphatic carbocycles. The second kappa shape index (κ2) is 5.33. The third-order valence-electron chi connectivity index (χ3n) is 3.51. The maximum Gasteiger partial charge on any atom is 0.254 e. The summed E-state index contributed by atoms with van der Waals surface area (Å²) in [6.07, 6.45) is 4.37. The summed E-state index contributed by atoms with van der Waals surface area (Å²) in [5, 5.41) is 0. The van der Waals surface area contributed by atoms with Crippen molar-refractivity contribution in [3.8, 4) is 0 Å². The molecule has 2 rings (SSSR count). The molecule has 4 nitrogen and oxygen atoms in total. The zero-order valence-corrected chi connectivity index (χ0v) is 12.2. The van der Waals surface area contributed by atoms with Crippen LogP contribution in [0.15, 0.2) is 23.1 Å². The standard InChI is InChI=1S/C14H19NO3S/c1-11-6-7-12(19(2,17)18)10-13(11)14(16)15-8-4-3-5-9-15/h6-7,10H,3-5,8-9H2,1-2H3. The molecule has 104 valence electrons. The number of hydrogen-bond donors (Lipinski definition) is 0. The highest BCUT2D eigenvalue weighted by Gasteiger charge is 2.21. The van der Waals surface area contributed by atoms with Crippen LogP contribution in [-0.2, 0) is 9.84 Å². The lowest BCUT2D eigenvalue weighted by molar-refractivity contribution is 0.0723. The number of benzene rings is 1. The normalized spacial score (nSPS) is 16.4. The Bertz CT molecular complexity index is 587. The topological polar surface area (TPSA) is 54.5 Å². The number of rotatable bonds is 2. The summed E-state index contributed by atoms with van der Waals surface area (Å²) in [6.45, 7) is 3.37. The highest BCUT2D eigenvalue weighted by atomic mass is 32.2. The molecule has 19 heavy (non-hydrogen) atoms. The molecule has 0 saturated carbocycles. The van der Waals surface area contributed by atoms with Crippen LogP contribution in [0.25, 0.3) is 0 Å². The Kier molecular flexibility index (Phi) is 3.94. The quantitative estimate of drug-likeness (QED) is 0.833. The molecule has 0 unspecified atom stereocenters. The van der Waals surface area contributed by atoms with Crippen LogP contribution in [0, 0.1) is 6.92 Å². The van der Waals surface area contributed by atoms with Gasteiger partial charge in [-0.15, -0.1) is 0 Å². The van der Waals surface area contributed by atoms with E-state index in [9.17, 15) is 13.2 Å². The lowest BCUT2D eigenvalue weighted by atomic mass is 10.1. The molecule has 0 spiro atoms. The van der Waals surface area contributed by atoms with Crippen molar-refractivity contribution >= 4 is 15.7 Å². The number of piperidine rings is 1. The third-order valence-corrected chi connectivity index (χ3v) is 4.62. The molecule has 1 amide bonds. The summed E-state index contributed by atoms with van der Waals surface area (Å²) in [4.78, 5) is 14.5. The fourth-order valence-electron chi connectivity index (χ4n) is 2.33. The van der Waals surface area contributed by atoms with Gasteiger partial charge in [0.25, 0.3) is 5.91 Å². The lowest BCUT2D eigenvalue weighted by Gasteiger charge is -2.27. The molecule has 0 N–H and O–H groups in total. The SMILES string of the molecule is Cc1ccc(S(C)(=O)=O)cc1C(=O)N1CCCCC1. The van der Waals surface area contributed by atoms with E-state index in [4.69, 9.17) is 0 Å². The van der Waals surface area contributed by atoms with Gasteiger partial charge >= 0.3 is 0 Å². The van der Waals surface area contributed by atoms with E-state index in [1.165, 1.54) is 6.07 Å². The van der Waals surface area contributed by atoms with Crippen LogP contribution in [0.1, 0.15) is 35.2 Å². The molecule has 1 heterocycles. The van der Waals surface area contributed by atoms with E-state index in [2.05, 4.69) is 0 Å². The Balaban J connectivity index is 2.35. The van der Waals surface area contributed by atoms with Gasteiger partial charge in [0.1, 0.15) is 0 Å². The second-order valence-corrected chi connectivity index (χ2v) is 7.12. The summed E-state index contributed by atoms with van der Waals surface area (Å²) >= 11 is 0. The molecule has 0 atom stereocenters. The summed E-state index contributed by atoms with van der Waals surface area (Å²) < 4.78 is 23.1. The first-order valence-corrected chi connectivity index (χ1v) is 8.39. The van der Waals surface area contributed by atoms with Crippen molar-refractivity contribution in [3.63, 3.8) is 0 Å². The van der Waals surface area contributed by atoms with Gasteiger partial charge in [-0.1, -0.05) is 6.07 Å². The van der Waals surface area contributed by atoms with Gasteiger partial charge in [-0.2, -0.15) is 0 Å². The van der Waals surface area contributed by atoms with Crippen LogP contribution < -0.4 is 0 Å². The molecule has 1 aromatic rings. The molecule has 5 heteroatoms. The van der Waals surface area contributed by atoms with E-state index >= 15 is 0 Å². The Morgan fingerprint density at radius 3 is 2.37 bits per heavy atom. The van der Waals surface area contributed by atoms with Crippen molar-refractivity contribution in [2.45, 2.75) is 31.1 Å². The van der Waals surface area contributed by atoms with Gasteiger partial charge in [-0.3, -0.25) is 4.79 Å². The van der Waals surface area contributed by atoms with Crippen LogP contribution in [-0.4, -0.2) is 38.6 Å². The minimum Gasteiger partial charge on any atom is -0.339 e.